The Balaban J connectivity index is 2.10. The van der Waals surface area contributed by atoms with Gasteiger partial charge in [-0.25, -0.2) is 0 Å². The van der Waals surface area contributed by atoms with Crippen LogP contribution < -0.4 is 5.48 Å². The molecular weight excluding hydrogens is 194 g/mol. The summed E-state index contributed by atoms with van der Waals surface area (Å²) < 4.78 is 0. The van der Waals surface area contributed by atoms with Crippen LogP contribution in [0.5, 0.6) is 0 Å². The molecule has 0 aromatic heterocycles. The van der Waals surface area contributed by atoms with Gasteiger partial charge in [0.15, 0.2) is 11.6 Å². The molecule has 1 saturated heterocycles. The Kier molecular flexibility index (Phi) is 2.62. The molecule has 4 nitrogen and oxygen atoms in total. The van der Waals surface area contributed by atoms with Crippen LogP contribution in [0.15, 0.2) is 30.3 Å². The molecule has 0 bridgehead atoms. The van der Waals surface area contributed by atoms with Gasteiger partial charge in [0, 0.05) is 5.56 Å². The van der Waals surface area contributed by atoms with Crippen molar-refractivity contribution in [2.24, 2.45) is 5.92 Å². The van der Waals surface area contributed by atoms with E-state index in [4.69, 9.17) is 0 Å². The van der Waals surface area contributed by atoms with Gasteiger partial charge in [0.1, 0.15) is 0 Å². The van der Waals surface area contributed by atoms with Gasteiger partial charge in [0.25, 0.3) is 0 Å². The molecule has 1 aromatic rings. The van der Waals surface area contributed by atoms with Crippen LogP contribution in [0.4, 0.5) is 0 Å². The number of nitrogens with one attached hydrogen (secondary N) is 1. The van der Waals surface area contributed by atoms with Gasteiger partial charge in [-0.1, -0.05) is 30.3 Å². The van der Waals surface area contributed by atoms with E-state index in [9.17, 15) is 9.59 Å². The van der Waals surface area contributed by atoms with Gasteiger partial charge in [-0.05, 0) is 6.92 Å². The van der Waals surface area contributed by atoms with E-state index in [1.165, 1.54) is 0 Å². The number of rotatable bonds is 4. The van der Waals surface area contributed by atoms with E-state index in [2.05, 4.69) is 10.3 Å². The van der Waals surface area contributed by atoms with Crippen LogP contribution in [0, 0.1) is 5.92 Å². The van der Waals surface area contributed by atoms with Crippen molar-refractivity contribution >= 4 is 11.6 Å². The minimum atomic E-state index is -0.660. The molecule has 1 aromatic carbocycles. The third-order valence-corrected chi connectivity index (χ3v) is 2.37. The third kappa shape index (κ3) is 2.11. The molecule has 2 rings (SSSR count). The molecule has 1 aliphatic rings. The zero-order chi connectivity index (χ0) is 10.8. The highest BCUT2D eigenvalue weighted by Gasteiger charge is 2.37. The molecule has 15 heavy (non-hydrogen) atoms. The van der Waals surface area contributed by atoms with Crippen molar-refractivity contribution in [1.82, 2.24) is 5.48 Å². The Labute approximate surface area is 87.2 Å². The molecule has 1 N–H and O–H groups in total. The first-order chi connectivity index (χ1) is 7.20. The second-order valence-corrected chi connectivity index (χ2v) is 3.47. The van der Waals surface area contributed by atoms with Crippen molar-refractivity contribution in [1.29, 1.82) is 0 Å². The molecule has 0 saturated carbocycles. The standard InChI is InChI=1S/C11H11NO3/c1-7(10(14)11-12-15-11)9(13)8-5-3-2-4-6-8/h2-7,11-12H,1H3. The Morgan fingerprint density at radius 3 is 2.47 bits per heavy atom. The van der Waals surface area contributed by atoms with E-state index < -0.39 is 12.1 Å². The zero-order valence-electron chi connectivity index (χ0n) is 8.27. The minimum absolute atomic E-state index is 0.169. The molecule has 0 spiro atoms. The average Bonchev–Trinajstić information content (AvgIpc) is 3.11. The van der Waals surface area contributed by atoms with Gasteiger partial charge in [-0.3, -0.25) is 14.4 Å². The van der Waals surface area contributed by atoms with Gasteiger partial charge in [0.05, 0.1) is 5.92 Å². The van der Waals surface area contributed by atoms with E-state index in [0.717, 1.165) is 0 Å². The number of carbonyl (C=O) groups excluding carboxylic acids is 2. The Morgan fingerprint density at radius 2 is 1.93 bits per heavy atom. The Morgan fingerprint density at radius 1 is 1.33 bits per heavy atom. The second kappa shape index (κ2) is 3.92. The van der Waals surface area contributed by atoms with Crippen molar-refractivity contribution in [3.8, 4) is 0 Å². The fourth-order valence-corrected chi connectivity index (χ4v) is 1.36. The number of ketones is 2. The molecular formula is C11H11NO3. The highest BCUT2D eigenvalue weighted by molar-refractivity contribution is 6.11. The predicted molar refractivity (Wildman–Crippen MR) is 53.0 cm³/mol. The highest BCUT2D eigenvalue weighted by atomic mass is 16.8. The molecule has 1 heterocycles. The fraction of sp³-hybridized carbons (Fsp3) is 0.273. The summed E-state index contributed by atoms with van der Waals surface area (Å²) in [6.45, 7) is 1.60. The first kappa shape index (κ1) is 10.0. The number of benzene rings is 1. The summed E-state index contributed by atoms with van der Waals surface area (Å²) in [6, 6.07) is 8.78. The topological polar surface area (TPSA) is 68.6 Å². The Bertz CT molecular complexity index is 384. The lowest BCUT2D eigenvalue weighted by molar-refractivity contribution is -0.122. The molecule has 0 amide bonds. The van der Waals surface area contributed by atoms with Gasteiger partial charge in [-0.2, -0.15) is 5.48 Å². The van der Waals surface area contributed by atoms with Crippen LogP contribution >= 0.6 is 0 Å². The minimum Gasteiger partial charge on any atom is -0.294 e. The summed E-state index contributed by atoms with van der Waals surface area (Å²) in [5.41, 5.74) is 2.97. The van der Waals surface area contributed by atoms with Crippen molar-refractivity contribution < 1.29 is 14.4 Å². The molecule has 0 aliphatic carbocycles. The number of carbonyl (C=O) groups is 2. The number of hydrogen-bond donors (Lipinski definition) is 1. The largest absolute Gasteiger partial charge is 0.294 e. The summed E-state index contributed by atoms with van der Waals surface area (Å²) in [7, 11) is 0. The smallest absolute Gasteiger partial charge is 0.210 e. The van der Waals surface area contributed by atoms with E-state index >= 15 is 0 Å². The maximum Gasteiger partial charge on any atom is 0.210 e. The molecule has 4 heteroatoms. The summed E-state index contributed by atoms with van der Waals surface area (Å²) in [4.78, 5) is 28.0. The van der Waals surface area contributed by atoms with Crippen molar-refractivity contribution in [2.75, 3.05) is 0 Å². The van der Waals surface area contributed by atoms with Crippen molar-refractivity contribution in [3.05, 3.63) is 35.9 Å². The van der Waals surface area contributed by atoms with Gasteiger partial charge < -0.3 is 0 Å². The highest BCUT2D eigenvalue weighted by Crippen LogP contribution is 2.14. The number of Topliss-reactive ketones (excluding diaryl/α,β-unsaturated/α-hetero) is 2. The summed E-state index contributed by atoms with van der Waals surface area (Å²) in [6.07, 6.45) is -0.590. The lowest BCUT2D eigenvalue weighted by Crippen LogP contribution is -2.26. The van der Waals surface area contributed by atoms with Crippen LogP contribution in [0.3, 0.4) is 0 Å². The number of hydroxylamine groups is 1. The third-order valence-electron chi connectivity index (χ3n) is 2.37. The second-order valence-electron chi connectivity index (χ2n) is 3.47. The average molecular weight is 205 g/mol. The van der Waals surface area contributed by atoms with Crippen molar-refractivity contribution in [3.63, 3.8) is 0 Å². The number of hydrogen-bond acceptors (Lipinski definition) is 4. The van der Waals surface area contributed by atoms with E-state index in [1.54, 1.807) is 31.2 Å². The van der Waals surface area contributed by atoms with Gasteiger partial charge in [-0.15, -0.1) is 0 Å². The molecule has 78 valence electrons. The quantitative estimate of drug-likeness (QED) is 0.451. The molecule has 2 unspecified atom stereocenters. The normalized spacial score (nSPS) is 20.7. The van der Waals surface area contributed by atoms with E-state index in [-0.39, 0.29) is 11.6 Å². The lowest BCUT2D eigenvalue weighted by atomic mass is 9.95. The fourth-order valence-electron chi connectivity index (χ4n) is 1.36. The summed E-state index contributed by atoms with van der Waals surface area (Å²) in [5.74, 6) is -1.05. The first-order valence-electron chi connectivity index (χ1n) is 4.74. The van der Waals surface area contributed by atoms with Crippen molar-refractivity contribution in [2.45, 2.75) is 13.2 Å². The monoisotopic (exact) mass is 205 g/mol. The molecule has 2 atom stereocenters. The maximum absolute atomic E-state index is 11.8. The Hall–Kier alpha value is -1.52. The maximum atomic E-state index is 11.8. The molecule has 1 aliphatic heterocycles. The van der Waals surface area contributed by atoms with Gasteiger partial charge >= 0.3 is 0 Å². The van der Waals surface area contributed by atoms with Crippen LogP contribution in [-0.4, -0.2) is 17.8 Å². The van der Waals surface area contributed by atoms with Gasteiger partial charge in [0.2, 0.25) is 6.23 Å². The van der Waals surface area contributed by atoms with Crippen LogP contribution in [-0.2, 0) is 9.63 Å². The van der Waals surface area contributed by atoms with Crippen LogP contribution in [0.2, 0.25) is 0 Å². The SMILES string of the molecule is CC(C(=O)c1ccccc1)C(=O)C1NO1. The lowest BCUT2D eigenvalue weighted by Gasteiger charge is -2.06. The van der Waals surface area contributed by atoms with E-state index in [0.29, 0.717) is 5.56 Å². The first-order valence-corrected chi connectivity index (χ1v) is 4.74. The molecule has 0 radical (unpaired) electrons. The van der Waals surface area contributed by atoms with Crippen LogP contribution in [0.25, 0.3) is 0 Å². The predicted octanol–water partition coefficient (Wildman–Crippen LogP) is 0.935. The van der Waals surface area contributed by atoms with E-state index in [1.807, 2.05) is 6.07 Å². The summed E-state index contributed by atoms with van der Waals surface area (Å²) in [5, 5.41) is 0. The zero-order valence-corrected chi connectivity index (χ0v) is 8.27. The van der Waals surface area contributed by atoms with Crippen LogP contribution in [0.1, 0.15) is 17.3 Å². The summed E-state index contributed by atoms with van der Waals surface area (Å²) >= 11 is 0. The molecule has 1 fully saturated rings.